The van der Waals surface area contributed by atoms with Gasteiger partial charge in [0.15, 0.2) is 0 Å². The quantitative estimate of drug-likeness (QED) is 0.759. The van der Waals surface area contributed by atoms with Gasteiger partial charge in [0.2, 0.25) is 10.0 Å². The first kappa shape index (κ1) is 18.2. The summed E-state index contributed by atoms with van der Waals surface area (Å²) in [5, 5.41) is 9.84. The molecule has 0 aliphatic carbocycles. The fourth-order valence-electron chi connectivity index (χ4n) is 2.09. The van der Waals surface area contributed by atoms with Crippen molar-refractivity contribution in [3.63, 3.8) is 0 Å². The van der Waals surface area contributed by atoms with Crippen molar-refractivity contribution in [2.45, 2.75) is 18.4 Å². The van der Waals surface area contributed by atoms with E-state index in [1.54, 1.807) is 12.1 Å². The van der Waals surface area contributed by atoms with E-state index in [0.29, 0.717) is 6.07 Å². The number of sulfonamides is 1. The maximum Gasteiger partial charge on any atom is 0.250 e. The molecular weight excluding hydrogens is 342 g/mol. The predicted molar refractivity (Wildman–Crippen MR) is 83.7 cm³/mol. The van der Waals surface area contributed by atoms with Crippen molar-refractivity contribution in [3.8, 4) is 0 Å². The van der Waals surface area contributed by atoms with Crippen LogP contribution in [0.25, 0.3) is 0 Å². The standard InChI is InChI=1S/C15H16F2N2O4S/c16-12-5-11(6-13(17)7-12)10-24(22,23)18-8-14(20)9-19-4-2-1-3-15(19)21/h1-7,14,18,20H,8-10H2. The van der Waals surface area contributed by atoms with Crippen LogP contribution in [0.3, 0.4) is 0 Å². The highest BCUT2D eigenvalue weighted by Crippen LogP contribution is 2.10. The zero-order chi connectivity index (χ0) is 17.7. The molecule has 1 heterocycles. The number of pyridine rings is 1. The first-order chi connectivity index (χ1) is 11.2. The average Bonchev–Trinajstić information content (AvgIpc) is 2.46. The molecule has 0 amide bonds. The molecule has 2 N–H and O–H groups in total. The van der Waals surface area contributed by atoms with Gasteiger partial charge < -0.3 is 9.67 Å². The normalized spacial score (nSPS) is 13.0. The number of nitrogens with zero attached hydrogens (tertiary/aromatic N) is 1. The smallest absolute Gasteiger partial charge is 0.250 e. The summed E-state index contributed by atoms with van der Waals surface area (Å²) in [5.41, 5.74) is -0.372. The monoisotopic (exact) mass is 358 g/mol. The Morgan fingerprint density at radius 3 is 2.46 bits per heavy atom. The molecule has 1 aromatic heterocycles. The Bertz CT molecular complexity index is 848. The summed E-state index contributed by atoms with van der Waals surface area (Å²) < 4.78 is 53.3. The summed E-state index contributed by atoms with van der Waals surface area (Å²) in [4.78, 5) is 11.5. The van der Waals surface area contributed by atoms with Gasteiger partial charge in [-0.15, -0.1) is 0 Å². The molecule has 2 rings (SSSR count). The zero-order valence-corrected chi connectivity index (χ0v) is 13.3. The second kappa shape index (κ2) is 7.65. The summed E-state index contributed by atoms with van der Waals surface area (Å²) in [7, 11) is -3.90. The molecule has 1 atom stereocenters. The van der Waals surface area contributed by atoms with Gasteiger partial charge >= 0.3 is 0 Å². The predicted octanol–water partition coefficient (Wildman–Crippen LogP) is 0.607. The number of aromatic nitrogens is 1. The minimum Gasteiger partial charge on any atom is -0.390 e. The first-order valence-electron chi connectivity index (χ1n) is 7.01. The SMILES string of the molecule is O=c1ccccn1CC(O)CNS(=O)(=O)Cc1cc(F)cc(F)c1. The minimum absolute atomic E-state index is 0.0474. The molecule has 1 unspecified atom stereocenters. The van der Waals surface area contributed by atoms with Gasteiger partial charge in [0.1, 0.15) is 11.6 Å². The lowest BCUT2D eigenvalue weighted by Gasteiger charge is -2.13. The second-order valence-electron chi connectivity index (χ2n) is 5.23. The van der Waals surface area contributed by atoms with Crippen LogP contribution in [0.1, 0.15) is 5.56 Å². The molecule has 0 radical (unpaired) electrons. The number of hydrogen-bond donors (Lipinski definition) is 2. The van der Waals surface area contributed by atoms with Crippen LogP contribution in [-0.2, 0) is 22.3 Å². The third-order valence-corrected chi connectivity index (χ3v) is 4.44. The van der Waals surface area contributed by atoms with Crippen molar-refractivity contribution >= 4 is 10.0 Å². The molecule has 9 heteroatoms. The highest BCUT2D eigenvalue weighted by Gasteiger charge is 2.15. The van der Waals surface area contributed by atoms with Crippen molar-refractivity contribution in [2.75, 3.05) is 6.54 Å². The Balaban J connectivity index is 1.94. The largest absolute Gasteiger partial charge is 0.390 e. The summed E-state index contributed by atoms with van der Waals surface area (Å²) in [6, 6.07) is 6.95. The molecule has 0 spiro atoms. The van der Waals surface area contributed by atoms with E-state index in [0.717, 1.165) is 12.1 Å². The van der Waals surface area contributed by atoms with Gasteiger partial charge in [0.25, 0.3) is 5.56 Å². The van der Waals surface area contributed by atoms with Gasteiger partial charge in [-0.25, -0.2) is 21.9 Å². The molecule has 2 aromatic rings. The van der Waals surface area contributed by atoms with Crippen molar-refractivity contribution in [1.82, 2.24) is 9.29 Å². The number of rotatable bonds is 7. The van der Waals surface area contributed by atoms with E-state index in [9.17, 15) is 27.1 Å². The van der Waals surface area contributed by atoms with E-state index >= 15 is 0 Å². The summed E-state index contributed by atoms with van der Waals surface area (Å²) >= 11 is 0. The maximum atomic E-state index is 13.1. The molecule has 0 aliphatic heterocycles. The number of aliphatic hydroxyl groups is 1. The van der Waals surface area contributed by atoms with Gasteiger partial charge in [0, 0.05) is 24.9 Å². The summed E-state index contributed by atoms with van der Waals surface area (Å²) in [5.74, 6) is -2.37. The molecule has 1 aromatic carbocycles. The number of nitrogens with one attached hydrogen (secondary N) is 1. The van der Waals surface area contributed by atoms with Crippen LogP contribution in [0.15, 0.2) is 47.4 Å². The van der Waals surface area contributed by atoms with Crippen LogP contribution in [0.4, 0.5) is 8.78 Å². The summed E-state index contributed by atoms with van der Waals surface area (Å²) in [6.45, 7) is -0.418. The molecule has 0 saturated carbocycles. The number of benzene rings is 1. The Labute approximate surface area is 137 Å². The lowest BCUT2D eigenvalue weighted by Crippen LogP contribution is -2.36. The topological polar surface area (TPSA) is 88.4 Å². The van der Waals surface area contributed by atoms with Gasteiger partial charge in [-0.05, 0) is 23.8 Å². The Hall–Kier alpha value is -2.10. The van der Waals surface area contributed by atoms with Crippen molar-refractivity contribution in [3.05, 3.63) is 70.1 Å². The van der Waals surface area contributed by atoms with Crippen LogP contribution >= 0.6 is 0 Å². The highest BCUT2D eigenvalue weighted by atomic mass is 32.2. The number of aliphatic hydroxyl groups excluding tert-OH is 1. The van der Waals surface area contributed by atoms with Crippen LogP contribution in [0.2, 0.25) is 0 Å². The Morgan fingerprint density at radius 1 is 1.17 bits per heavy atom. The van der Waals surface area contributed by atoms with E-state index < -0.39 is 33.5 Å². The zero-order valence-electron chi connectivity index (χ0n) is 12.5. The maximum absolute atomic E-state index is 13.1. The fourth-order valence-corrected chi connectivity index (χ4v) is 3.24. The summed E-state index contributed by atoms with van der Waals surface area (Å²) in [6.07, 6.45) is 0.333. The van der Waals surface area contributed by atoms with Crippen molar-refractivity contribution < 1.29 is 22.3 Å². The van der Waals surface area contributed by atoms with E-state index in [-0.39, 0.29) is 24.2 Å². The third kappa shape index (κ3) is 5.52. The van der Waals surface area contributed by atoms with E-state index in [4.69, 9.17) is 0 Å². The minimum atomic E-state index is -3.90. The van der Waals surface area contributed by atoms with Gasteiger partial charge in [-0.3, -0.25) is 4.79 Å². The second-order valence-corrected chi connectivity index (χ2v) is 7.04. The lowest BCUT2D eigenvalue weighted by molar-refractivity contribution is 0.156. The first-order valence-corrected chi connectivity index (χ1v) is 8.66. The average molecular weight is 358 g/mol. The Kier molecular flexibility index (Phi) is 5.81. The molecule has 0 aliphatic rings. The molecule has 24 heavy (non-hydrogen) atoms. The molecule has 6 nitrogen and oxygen atoms in total. The van der Waals surface area contributed by atoms with Crippen molar-refractivity contribution in [1.29, 1.82) is 0 Å². The van der Waals surface area contributed by atoms with Crippen LogP contribution < -0.4 is 10.3 Å². The molecule has 0 saturated heterocycles. The van der Waals surface area contributed by atoms with Gasteiger partial charge in [0.05, 0.1) is 18.4 Å². The number of hydrogen-bond acceptors (Lipinski definition) is 4. The molecule has 0 bridgehead atoms. The Morgan fingerprint density at radius 2 is 1.83 bits per heavy atom. The van der Waals surface area contributed by atoms with Crippen LogP contribution in [0.5, 0.6) is 0 Å². The van der Waals surface area contributed by atoms with E-state index in [1.807, 2.05) is 0 Å². The van der Waals surface area contributed by atoms with E-state index in [1.165, 1.54) is 16.8 Å². The van der Waals surface area contributed by atoms with Crippen molar-refractivity contribution in [2.24, 2.45) is 0 Å². The van der Waals surface area contributed by atoms with Gasteiger partial charge in [-0.2, -0.15) is 0 Å². The lowest BCUT2D eigenvalue weighted by atomic mass is 10.2. The van der Waals surface area contributed by atoms with E-state index in [2.05, 4.69) is 4.72 Å². The van der Waals surface area contributed by atoms with Crippen LogP contribution in [-0.4, -0.2) is 30.7 Å². The van der Waals surface area contributed by atoms with Crippen LogP contribution in [0, 0.1) is 11.6 Å². The molecule has 0 fully saturated rings. The number of halogens is 2. The molecular formula is C15H16F2N2O4S. The molecule has 130 valence electrons. The van der Waals surface area contributed by atoms with Gasteiger partial charge in [-0.1, -0.05) is 6.07 Å². The third-order valence-electron chi connectivity index (χ3n) is 3.12. The highest BCUT2D eigenvalue weighted by molar-refractivity contribution is 7.88. The fraction of sp³-hybridized carbons (Fsp3) is 0.267.